The molecular formula is C17H24F5O2PS. The van der Waals surface area contributed by atoms with E-state index in [1.807, 2.05) is 41.5 Å². The number of benzene rings is 1. The minimum absolute atomic E-state index is 0.0709. The highest BCUT2D eigenvalue weighted by molar-refractivity contribution is 8.45. The maximum Gasteiger partial charge on any atom is 0.200 e. The van der Waals surface area contributed by atoms with Gasteiger partial charge in [-0.15, -0.1) is 0 Å². The summed E-state index contributed by atoms with van der Waals surface area (Å²) >= 11 is 0. The molecule has 2 nitrogen and oxygen atoms in total. The molecule has 0 fully saturated rings. The average molecular weight is 418 g/mol. The van der Waals surface area contributed by atoms with Crippen molar-refractivity contribution in [1.29, 1.82) is 0 Å². The van der Waals surface area contributed by atoms with E-state index in [1.54, 1.807) is 0 Å². The van der Waals surface area contributed by atoms with Gasteiger partial charge in [-0.2, -0.15) is 0 Å². The van der Waals surface area contributed by atoms with Gasteiger partial charge in [-0.05, 0) is 23.2 Å². The lowest BCUT2D eigenvalue weighted by molar-refractivity contribution is 0.0775. The van der Waals surface area contributed by atoms with Gasteiger partial charge in [0.1, 0.15) is 0 Å². The zero-order valence-electron chi connectivity index (χ0n) is 15.6. The first-order valence-corrected chi connectivity index (χ1v) is 11.6. The molecule has 0 amide bonds. The van der Waals surface area contributed by atoms with Crippen LogP contribution in [0.25, 0.3) is 0 Å². The van der Waals surface area contributed by atoms with Crippen molar-refractivity contribution in [3.8, 4) is 0 Å². The van der Waals surface area contributed by atoms with E-state index in [0.717, 1.165) is 0 Å². The predicted molar refractivity (Wildman–Crippen MR) is 94.9 cm³/mol. The van der Waals surface area contributed by atoms with E-state index in [0.29, 0.717) is 0 Å². The Morgan fingerprint density at radius 1 is 0.731 bits per heavy atom. The van der Waals surface area contributed by atoms with Crippen LogP contribution in [0.1, 0.15) is 41.5 Å². The molecule has 0 aliphatic rings. The van der Waals surface area contributed by atoms with Crippen molar-refractivity contribution in [2.75, 3.05) is 5.75 Å². The fraction of sp³-hybridized carbons (Fsp3) is 0.647. The Morgan fingerprint density at radius 2 is 1.04 bits per heavy atom. The Morgan fingerprint density at radius 3 is 1.35 bits per heavy atom. The fourth-order valence-electron chi connectivity index (χ4n) is 3.72. The zero-order valence-corrected chi connectivity index (χ0v) is 17.4. The van der Waals surface area contributed by atoms with Gasteiger partial charge in [-0.3, -0.25) is 0 Å². The Labute approximate surface area is 153 Å². The zero-order chi connectivity index (χ0) is 20.6. The Kier molecular flexibility index (Phi) is 7.25. The van der Waals surface area contributed by atoms with Gasteiger partial charge >= 0.3 is 0 Å². The van der Waals surface area contributed by atoms with Crippen LogP contribution in [0.15, 0.2) is 0 Å². The van der Waals surface area contributed by atoms with Gasteiger partial charge in [0.2, 0.25) is 5.82 Å². The van der Waals surface area contributed by atoms with Crippen LogP contribution in [0.5, 0.6) is 0 Å². The van der Waals surface area contributed by atoms with Crippen molar-refractivity contribution in [3.05, 3.63) is 29.1 Å². The van der Waals surface area contributed by atoms with Crippen molar-refractivity contribution >= 4 is 22.5 Å². The van der Waals surface area contributed by atoms with E-state index in [9.17, 15) is 30.4 Å². The van der Waals surface area contributed by atoms with Crippen molar-refractivity contribution in [2.45, 2.75) is 41.5 Å². The van der Waals surface area contributed by atoms with Crippen LogP contribution in [-0.4, -0.2) is 14.2 Å². The summed E-state index contributed by atoms with van der Waals surface area (Å²) in [5.74, 6) is -11.4. The quantitative estimate of drug-likeness (QED) is 0.271. The second-order valence-electron chi connectivity index (χ2n) is 7.38. The van der Waals surface area contributed by atoms with Crippen molar-refractivity contribution < 1.29 is 30.4 Å². The SMILES string of the molecule is CC(C)C(CS(=O)(=O)Pc1c(F)c(F)c(F)c(F)c1F)(C(C)C)C(C)C. The van der Waals surface area contributed by atoms with Crippen LogP contribution in [0.2, 0.25) is 0 Å². The molecule has 1 atom stereocenters. The van der Waals surface area contributed by atoms with E-state index in [4.69, 9.17) is 0 Å². The Hall–Kier alpha value is -0.750. The Bertz CT molecular complexity index is 725. The first kappa shape index (κ1) is 23.3. The van der Waals surface area contributed by atoms with E-state index in [-0.39, 0.29) is 17.8 Å². The molecule has 150 valence electrons. The van der Waals surface area contributed by atoms with Crippen LogP contribution >= 0.6 is 7.78 Å². The first-order chi connectivity index (χ1) is 11.7. The molecular weight excluding hydrogens is 394 g/mol. The molecule has 0 spiro atoms. The van der Waals surface area contributed by atoms with Crippen molar-refractivity contribution in [3.63, 3.8) is 0 Å². The largest absolute Gasteiger partial charge is 0.225 e. The van der Waals surface area contributed by atoms with Gasteiger partial charge < -0.3 is 0 Å². The number of hydrogen-bond acceptors (Lipinski definition) is 2. The third kappa shape index (κ3) is 4.22. The Balaban J connectivity index is 3.42. The summed E-state index contributed by atoms with van der Waals surface area (Å²) in [7, 11) is -5.68. The molecule has 0 N–H and O–H groups in total. The van der Waals surface area contributed by atoms with Gasteiger partial charge in [0.15, 0.2) is 32.7 Å². The standard InChI is InChI=1S/C17H24F5O2PS/c1-8(2)17(9(3)4,10(5)6)7-26(23,24)25-16-14(21)12(19)11(18)13(20)15(16)22/h8-10,25H,7H2,1-6H3. The summed E-state index contributed by atoms with van der Waals surface area (Å²) in [4.78, 5) is 0. The molecule has 0 aliphatic carbocycles. The van der Waals surface area contributed by atoms with Crippen LogP contribution in [-0.2, 0) is 9.46 Å². The number of halogens is 5. The average Bonchev–Trinajstić information content (AvgIpc) is 2.52. The molecule has 1 aromatic carbocycles. The number of hydrogen-bond donors (Lipinski definition) is 0. The van der Waals surface area contributed by atoms with Crippen molar-refractivity contribution in [2.24, 2.45) is 23.2 Å². The molecule has 26 heavy (non-hydrogen) atoms. The molecule has 0 heterocycles. The molecule has 0 saturated carbocycles. The monoisotopic (exact) mass is 418 g/mol. The summed E-state index contributed by atoms with van der Waals surface area (Å²) in [6.07, 6.45) is 0. The molecule has 0 bridgehead atoms. The van der Waals surface area contributed by atoms with Gasteiger partial charge in [0.05, 0.1) is 11.1 Å². The van der Waals surface area contributed by atoms with Crippen molar-refractivity contribution in [1.82, 2.24) is 0 Å². The highest BCUT2D eigenvalue weighted by Crippen LogP contribution is 2.46. The molecule has 0 aliphatic heterocycles. The molecule has 1 unspecified atom stereocenters. The lowest BCUT2D eigenvalue weighted by Crippen LogP contribution is -2.44. The second-order valence-corrected chi connectivity index (χ2v) is 12.1. The lowest BCUT2D eigenvalue weighted by Gasteiger charge is -2.45. The number of rotatable bonds is 7. The molecule has 1 rings (SSSR count). The maximum atomic E-state index is 13.9. The van der Waals surface area contributed by atoms with E-state index >= 15 is 0 Å². The van der Waals surface area contributed by atoms with Gasteiger partial charge in [0.25, 0.3) is 0 Å². The van der Waals surface area contributed by atoms with E-state index < -0.39 is 62.8 Å². The normalized spacial score (nSPS) is 13.8. The van der Waals surface area contributed by atoms with Gasteiger partial charge in [-0.25, -0.2) is 30.4 Å². The van der Waals surface area contributed by atoms with Crippen LogP contribution in [0, 0.1) is 52.3 Å². The highest BCUT2D eigenvalue weighted by atomic mass is 32.8. The van der Waals surface area contributed by atoms with Crippen LogP contribution < -0.4 is 5.30 Å². The molecule has 0 aromatic heterocycles. The molecule has 0 saturated heterocycles. The third-order valence-corrected chi connectivity index (χ3v) is 8.94. The topological polar surface area (TPSA) is 34.1 Å². The second kappa shape index (κ2) is 8.09. The lowest BCUT2D eigenvalue weighted by atomic mass is 9.63. The molecule has 9 heteroatoms. The van der Waals surface area contributed by atoms with E-state index in [1.165, 1.54) is 0 Å². The fourth-order valence-corrected chi connectivity index (χ4v) is 8.59. The summed E-state index contributed by atoms with van der Waals surface area (Å²) in [6.45, 7) is 11.1. The minimum atomic E-state index is -4.13. The predicted octanol–water partition coefficient (Wildman–Crippen LogP) is 4.97. The summed E-state index contributed by atoms with van der Waals surface area (Å²) in [5.41, 5.74) is -0.699. The summed E-state index contributed by atoms with van der Waals surface area (Å²) in [5, 5.41) is -1.29. The summed E-state index contributed by atoms with van der Waals surface area (Å²) in [6, 6.07) is 0. The summed E-state index contributed by atoms with van der Waals surface area (Å²) < 4.78 is 92.9. The van der Waals surface area contributed by atoms with E-state index in [2.05, 4.69) is 0 Å². The first-order valence-electron chi connectivity index (χ1n) is 8.20. The molecule has 1 aromatic rings. The van der Waals surface area contributed by atoms with Crippen LogP contribution in [0.4, 0.5) is 22.0 Å². The highest BCUT2D eigenvalue weighted by Gasteiger charge is 2.44. The maximum absolute atomic E-state index is 13.9. The molecule has 0 radical (unpaired) electrons. The van der Waals surface area contributed by atoms with Crippen LogP contribution in [0.3, 0.4) is 0 Å². The smallest absolute Gasteiger partial charge is 0.200 e. The van der Waals surface area contributed by atoms with Gasteiger partial charge in [-0.1, -0.05) is 41.5 Å². The third-order valence-electron chi connectivity index (χ3n) is 5.13. The van der Waals surface area contributed by atoms with Gasteiger partial charge in [0, 0.05) is 7.78 Å². The minimum Gasteiger partial charge on any atom is -0.225 e.